The number of carbonyl (C=O) groups is 1. The van der Waals surface area contributed by atoms with E-state index in [2.05, 4.69) is 33.4 Å². The molecule has 2 aromatic rings. The molecule has 2 aliphatic rings. The predicted octanol–water partition coefficient (Wildman–Crippen LogP) is 0.901. The summed E-state index contributed by atoms with van der Waals surface area (Å²) in [4.78, 5) is 12.3. The lowest BCUT2D eigenvalue weighted by atomic mass is 9.99. The van der Waals surface area contributed by atoms with Crippen LogP contribution in [-0.4, -0.2) is 28.3 Å². The Hall–Kier alpha value is -2.38. The molecule has 0 radical (unpaired) electrons. The standard InChI is InChI=1S/C16H19N5O2/c1-21-9-12(8-17-21)18-16(22)14-7-13(19-20-14)10-2-3-15-11(6-10)4-5-23-15/h2-3,6,8-9,13-14,19-20H,4-5,7H2,1H3,(H,18,22). The molecule has 0 aliphatic carbocycles. The zero-order valence-corrected chi connectivity index (χ0v) is 12.9. The van der Waals surface area contributed by atoms with Crippen molar-refractivity contribution < 1.29 is 9.53 Å². The van der Waals surface area contributed by atoms with Crippen molar-refractivity contribution in [3.05, 3.63) is 41.7 Å². The molecule has 2 aliphatic heterocycles. The van der Waals surface area contributed by atoms with Gasteiger partial charge in [-0.3, -0.25) is 9.48 Å². The molecule has 1 aromatic heterocycles. The van der Waals surface area contributed by atoms with Crippen LogP contribution >= 0.6 is 0 Å². The highest BCUT2D eigenvalue weighted by molar-refractivity contribution is 5.94. The number of benzene rings is 1. The van der Waals surface area contributed by atoms with Crippen molar-refractivity contribution in [1.29, 1.82) is 0 Å². The van der Waals surface area contributed by atoms with Crippen LogP contribution in [0, 0.1) is 0 Å². The van der Waals surface area contributed by atoms with Gasteiger partial charge in [0.25, 0.3) is 0 Å². The topological polar surface area (TPSA) is 80.2 Å². The molecule has 2 atom stereocenters. The van der Waals surface area contributed by atoms with E-state index in [1.54, 1.807) is 17.1 Å². The lowest BCUT2D eigenvalue weighted by molar-refractivity contribution is -0.117. The summed E-state index contributed by atoms with van der Waals surface area (Å²) >= 11 is 0. The van der Waals surface area contributed by atoms with Crippen molar-refractivity contribution >= 4 is 11.6 Å². The smallest absolute Gasteiger partial charge is 0.243 e. The van der Waals surface area contributed by atoms with Gasteiger partial charge in [-0.15, -0.1) is 0 Å². The van der Waals surface area contributed by atoms with E-state index in [9.17, 15) is 4.79 Å². The number of carbonyl (C=O) groups excluding carboxylic acids is 1. The van der Waals surface area contributed by atoms with Gasteiger partial charge in [0.1, 0.15) is 11.8 Å². The number of aryl methyl sites for hydroxylation is 1. The van der Waals surface area contributed by atoms with E-state index in [4.69, 9.17) is 4.74 Å². The van der Waals surface area contributed by atoms with Crippen molar-refractivity contribution in [2.24, 2.45) is 7.05 Å². The molecule has 0 saturated carbocycles. The number of ether oxygens (including phenoxy) is 1. The van der Waals surface area contributed by atoms with Gasteiger partial charge in [0, 0.05) is 25.7 Å². The van der Waals surface area contributed by atoms with Gasteiger partial charge < -0.3 is 10.1 Å². The second-order valence-corrected chi connectivity index (χ2v) is 5.99. The molecular formula is C16H19N5O2. The van der Waals surface area contributed by atoms with Crippen LogP contribution in [0.2, 0.25) is 0 Å². The highest BCUT2D eigenvalue weighted by Crippen LogP contribution is 2.30. The minimum atomic E-state index is -0.273. The Balaban J connectivity index is 1.41. The van der Waals surface area contributed by atoms with Crippen molar-refractivity contribution in [2.75, 3.05) is 11.9 Å². The number of nitrogens with one attached hydrogen (secondary N) is 3. The largest absolute Gasteiger partial charge is 0.493 e. The van der Waals surface area contributed by atoms with Crippen molar-refractivity contribution in [3.8, 4) is 5.75 Å². The number of nitrogens with zero attached hydrogens (tertiary/aromatic N) is 2. The minimum absolute atomic E-state index is 0.0579. The molecule has 1 fully saturated rings. The summed E-state index contributed by atoms with van der Waals surface area (Å²) in [6.07, 6.45) is 5.07. The summed E-state index contributed by atoms with van der Waals surface area (Å²) in [7, 11) is 1.82. The van der Waals surface area contributed by atoms with Gasteiger partial charge in [0.15, 0.2) is 0 Å². The molecule has 7 heteroatoms. The summed E-state index contributed by atoms with van der Waals surface area (Å²) in [5, 5.41) is 6.92. The SMILES string of the molecule is Cn1cc(NC(=O)C2CC(c3ccc4c(c3)CCO4)NN2)cn1. The highest BCUT2D eigenvalue weighted by Gasteiger charge is 2.31. The normalized spacial score (nSPS) is 22.7. The maximum atomic E-state index is 12.3. The molecule has 1 aromatic carbocycles. The van der Waals surface area contributed by atoms with Crippen molar-refractivity contribution in [2.45, 2.75) is 24.9 Å². The molecule has 120 valence electrons. The lowest BCUT2D eigenvalue weighted by Crippen LogP contribution is -2.39. The summed E-state index contributed by atoms with van der Waals surface area (Å²) < 4.78 is 7.19. The molecule has 1 saturated heterocycles. The number of anilines is 1. The third-order valence-electron chi connectivity index (χ3n) is 4.31. The molecule has 1 amide bonds. The van der Waals surface area contributed by atoms with E-state index < -0.39 is 0 Å². The van der Waals surface area contributed by atoms with Gasteiger partial charge in [0.05, 0.1) is 18.5 Å². The van der Waals surface area contributed by atoms with E-state index in [1.807, 2.05) is 13.1 Å². The van der Waals surface area contributed by atoms with Gasteiger partial charge in [-0.05, 0) is 23.6 Å². The van der Waals surface area contributed by atoms with Crippen LogP contribution in [0.1, 0.15) is 23.6 Å². The van der Waals surface area contributed by atoms with Gasteiger partial charge in [0.2, 0.25) is 5.91 Å². The minimum Gasteiger partial charge on any atom is -0.493 e. The number of aromatic nitrogens is 2. The zero-order chi connectivity index (χ0) is 15.8. The second kappa shape index (κ2) is 5.68. The number of fused-ring (bicyclic) bond motifs is 1. The average molecular weight is 313 g/mol. The first-order valence-corrected chi connectivity index (χ1v) is 7.75. The summed E-state index contributed by atoms with van der Waals surface area (Å²) in [6.45, 7) is 0.755. The number of amides is 1. The van der Waals surface area contributed by atoms with E-state index in [0.29, 0.717) is 12.1 Å². The summed E-state index contributed by atoms with van der Waals surface area (Å²) in [5.41, 5.74) is 9.42. The molecule has 23 heavy (non-hydrogen) atoms. The van der Waals surface area contributed by atoms with E-state index in [0.717, 1.165) is 18.8 Å². The van der Waals surface area contributed by atoms with Gasteiger partial charge in [-0.1, -0.05) is 12.1 Å². The fourth-order valence-corrected chi connectivity index (χ4v) is 3.09. The lowest BCUT2D eigenvalue weighted by Gasteiger charge is -2.11. The molecule has 2 unspecified atom stereocenters. The van der Waals surface area contributed by atoms with E-state index in [-0.39, 0.29) is 18.0 Å². The van der Waals surface area contributed by atoms with E-state index >= 15 is 0 Å². The molecule has 0 spiro atoms. The summed E-state index contributed by atoms with van der Waals surface area (Å²) in [5.74, 6) is 0.920. The zero-order valence-electron chi connectivity index (χ0n) is 12.9. The molecule has 3 heterocycles. The molecule has 4 rings (SSSR count). The molecule has 7 nitrogen and oxygen atoms in total. The Morgan fingerprint density at radius 1 is 1.43 bits per heavy atom. The van der Waals surface area contributed by atoms with Crippen molar-refractivity contribution in [1.82, 2.24) is 20.6 Å². The van der Waals surface area contributed by atoms with Crippen LogP contribution in [0.4, 0.5) is 5.69 Å². The molecule has 0 bridgehead atoms. The Bertz CT molecular complexity index is 742. The van der Waals surface area contributed by atoms with Crippen LogP contribution in [0.3, 0.4) is 0 Å². The van der Waals surface area contributed by atoms with E-state index in [1.165, 1.54) is 11.1 Å². The van der Waals surface area contributed by atoms with Gasteiger partial charge in [-0.2, -0.15) is 5.10 Å². The third-order valence-corrected chi connectivity index (χ3v) is 4.31. The molecular weight excluding hydrogens is 294 g/mol. The van der Waals surface area contributed by atoms with Crippen LogP contribution in [0.25, 0.3) is 0 Å². The first-order valence-electron chi connectivity index (χ1n) is 7.75. The maximum absolute atomic E-state index is 12.3. The third kappa shape index (κ3) is 2.80. The number of hydrogen-bond donors (Lipinski definition) is 3. The second-order valence-electron chi connectivity index (χ2n) is 5.99. The molecule has 3 N–H and O–H groups in total. The number of rotatable bonds is 3. The van der Waals surface area contributed by atoms with Crippen LogP contribution in [0.15, 0.2) is 30.6 Å². The Morgan fingerprint density at radius 2 is 2.35 bits per heavy atom. The summed E-state index contributed by atoms with van der Waals surface area (Å²) in [6, 6.07) is 6.09. The maximum Gasteiger partial charge on any atom is 0.243 e. The number of hydrazine groups is 1. The first kappa shape index (κ1) is 14.2. The Morgan fingerprint density at radius 3 is 3.17 bits per heavy atom. The van der Waals surface area contributed by atoms with Crippen LogP contribution in [0.5, 0.6) is 5.75 Å². The van der Waals surface area contributed by atoms with Gasteiger partial charge >= 0.3 is 0 Å². The number of hydrogen-bond acceptors (Lipinski definition) is 5. The van der Waals surface area contributed by atoms with Crippen molar-refractivity contribution in [3.63, 3.8) is 0 Å². The fraction of sp³-hybridized carbons (Fsp3) is 0.375. The average Bonchev–Trinajstić information content (AvgIpc) is 3.26. The Kier molecular flexibility index (Phi) is 3.51. The van der Waals surface area contributed by atoms with Crippen LogP contribution in [-0.2, 0) is 18.3 Å². The highest BCUT2D eigenvalue weighted by atomic mass is 16.5. The first-order chi connectivity index (χ1) is 11.2. The Labute approximate surface area is 134 Å². The quantitative estimate of drug-likeness (QED) is 0.784. The predicted molar refractivity (Wildman–Crippen MR) is 84.9 cm³/mol. The van der Waals surface area contributed by atoms with Gasteiger partial charge in [-0.25, -0.2) is 10.9 Å². The van der Waals surface area contributed by atoms with Crippen LogP contribution < -0.4 is 20.9 Å². The monoisotopic (exact) mass is 313 g/mol. The fourth-order valence-electron chi connectivity index (χ4n) is 3.09.